The second-order valence-corrected chi connectivity index (χ2v) is 15.0. The Bertz CT molecular complexity index is 1730. The zero-order valence-corrected chi connectivity index (χ0v) is 30.7. The molecule has 0 unspecified atom stereocenters. The molecule has 1 saturated carbocycles. The first kappa shape index (κ1) is 37.4. The van der Waals surface area contributed by atoms with Crippen LogP contribution < -0.4 is 20.7 Å². The second kappa shape index (κ2) is 15.6. The number of imide groups is 1. The van der Waals surface area contributed by atoms with Gasteiger partial charge in [0.25, 0.3) is 5.91 Å². The van der Waals surface area contributed by atoms with Crippen LogP contribution in [0.25, 0.3) is 0 Å². The fraction of sp³-hybridized carbons (Fsp3) is 0.450. The quantitative estimate of drug-likeness (QED) is 0.118. The van der Waals surface area contributed by atoms with Gasteiger partial charge in [-0.3, -0.25) is 14.5 Å². The van der Waals surface area contributed by atoms with Gasteiger partial charge in [0, 0.05) is 24.8 Å². The van der Waals surface area contributed by atoms with Crippen molar-refractivity contribution in [3.8, 4) is 5.75 Å². The van der Waals surface area contributed by atoms with E-state index in [1.165, 1.54) is 12.0 Å². The van der Waals surface area contributed by atoms with Gasteiger partial charge in [0.15, 0.2) is 0 Å². The van der Waals surface area contributed by atoms with E-state index in [9.17, 15) is 19.2 Å². The number of esters is 1. The van der Waals surface area contributed by atoms with Crippen LogP contribution in [0.2, 0.25) is 0 Å². The summed E-state index contributed by atoms with van der Waals surface area (Å²) in [5.74, 6) is 0.268. The van der Waals surface area contributed by atoms with Crippen molar-refractivity contribution in [3.63, 3.8) is 0 Å². The summed E-state index contributed by atoms with van der Waals surface area (Å²) in [7, 11) is 1.51. The Kier molecular flexibility index (Phi) is 11.4. The van der Waals surface area contributed by atoms with Gasteiger partial charge in [-0.05, 0) is 88.8 Å². The van der Waals surface area contributed by atoms with Crippen molar-refractivity contribution in [1.82, 2.24) is 15.1 Å². The van der Waals surface area contributed by atoms with Crippen LogP contribution in [0.15, 0.2) is 72.8 Å². The molecule has 3 N–H and O–H groups in total. The van der Waals surface area contributed by atoms with E-state index < -0.39 is 23.2 Å². The number of urea groups is 2. The zero-order valence-electron chi connectivity index (χ0n) is 30.7. The molecule has 1 aliphatic heterocycles. The lowest BCUT2D eigenvalue weighted by molar-refractivity contribution is -0.155. The monoisotopic (exact) mass is 697 g/mol. The van der Waals surface area contributed by atoms with E-state index in [2.05, 4.69) is 16.0 Å². The number of carbonyl (C=O) groups excluding carboxylic acids is 4. The minimum Gasteiger partial charge on any atom is -0.495 e. The highest BCUT2D eigenvalue weighted by atomic mass is 16.6. The average molecular weight is 698 g/mol. The number of para-hydroxylation sites is 1. The molecule has 2 fully saturated rings. The number of nitrogens with zero attached hydrogens (tertiary/aromatic N) is 2. The summed E-state index contributed by atoms with van der Waals surface area (Å²) < 4.78 is 11.3. The third kappa shape index (κ3) is 9.46. The largest absolute Gasteiger partial charge is 0.495 e. The second-order valence-electron chi connectivity index (χ2n) is 15.0. The first-order valence-electron chi connectivity index (χ1n) is 17.6. The molecular weight excluding hydrogens is 646 g/mol. The number of anilines is 2. The molecule has 0 radical (unpaired) electrons. The van der Waals surface area contributed by atoms with Crippen molar-refractivity contribution in [3.05, 3.63) is 89.5 Å². The number of methoxy groups -OCH3 is 1. The lowest BCUT2D eigenvalue weighted by atomic mass is 10.0. The van der Waals surface area contributed by atoms with Gasteiger partial charge in [0.05, 0.1) is 25.3 Å². The summed E-state index contributed by atoms with van der Waals surface area (Å²) in [6.45, 7) is 11.5. The summed E-state index contributed by atoms with van der Waals surface area (Å²) in [6.07, 6.45) is 2.91. The number of hydrogen-bond acceptors (Lipinski definition) is 7. The van der Waals surface area contributed by atoms with Gasteiger partial charge in [-0.25, -0.2) is 9.59 Å². The summed E-state index contributed by atoms with van der Waals surface area (Å²) in [6, 6.07) is 20.9. The van der Waals surface area contributed by atoms with Crippen molar-refractivity contribution >= 4 is 35.3 Å². The molecule has 1 saturated heterocycles. The van der Waals surface area contributed by atoms with Gasteiger partial charge < -0.3 is 30.3 Å². The van der Waals surface area contributed by atoms with Crippen molar-refractivity contribution in [2.24, 2.45) is 5.92 Å². The molecule has 5 amide bonds. The van der Waals surface area contributed by atoms with Crippen LogP contribution in [0.3, 0.4) is 0 Å². The lowest BCUT2D eigenvalue weighted by Gasteiger charge is -2.29. The summed E-state index contributed by atoms with van der Waals surface area (Å²) in [4.78, 5) is 57.0. The highest BCUT2D eigenvalue weighted by molar-refractivity contribution is 6.07. The highest BCUT2D eigenvalue weighted by Gasteiger charge is 2.53. The molecule has 1 heterocycles. The Morgan fingerprint density at radius 3 is 2.25 bits per heavy atom. The molecule has 0 aromatic heterocycles. The minimum atomic E-state index is -1.11. The molecule has 272 valence electrons. The van der Waals surface area contributed by atoms with Gasteiger partial charge in [0.1, 0.15) is 16.9 Å². The smallest absolute Gasteiger partial charge is 0.328 e. The van der Waals surface area contributed by atoms with Crippen LogP contribution in [0.5, 0.6) is 5.75 Å². The maximum Gasteiger partial charge on any atom is 0.328 e. The molecule has 11 heteroatoms. The predicted octanol–water partition coefficient (Wildman–Crippen LogP) is 7.42. The Hall–Kier alpha value is -4.90. The lowest BCUT2D eigenvalue weighted by Crippen LogP contribution is -2.48. The third-order valence-electron chi connectivity index (χ3n) is 9.36. The fourth-order valence-electron chi connectivity index (χ4n) is 6.40. The molecule has 2 atom stereocenters. The number of rotatable bonds is 14. The first-order valence-corrected chi connectivity index (χ1v) is 17.6. The molecule has 3 aromatic carbocycles. The molecule has 1 aliphatic carbocycles. The van der Waals surface area contributed by atoms with Gasteiger partial charge in [0.2, 0.25) is 0 Å². The average Bonchev–Trinajstić information content (AvgIpc) is 3.88. The van der Waals surface area contributed by atoms with Gasteiger partial charge in [-0.1, -0.05) is 67.4 Å². The Morgan fingerprint density at radius 2 is 1.61 bits per heavy atom. The van der Waals surface area contributed by atoms with E-state index in [4.69, 9.17) is 9.47 Å². The number of ether oxygens (including phenoxy) is 2. The Morgan fingerprint density at radius 1 is 0.941 bits per heavy atom. The first-order chi connectivity index (χ1) is 24.2. The fourth-order valence-corrected chi connectivity index (χ4v) is 6.40. The molecule has 2 aliphatic rings. The van der Waals surface area contributed by atoms with Gasteiger partial charge in [-0.2, -0.15) is 0 Å². The van der Waals surface area contributed by atoms with Crippen molar-refractivity contribution < 1.29 is 28.7 Å². The molecule has 0 bridgehead atoms. The zero-order chi connectivity index (χ0) is 36.9. The maximum absolute atomic E-state index is 14.2. The summed E-state index contributed by atoms with van der Waals surface area (Å²) in [5.41, 5.74) is 2.04. The van der Waals surface area contributed by atoms with E-state index in [0.717, 1.165) is 29.5 Å². The van der Waals surface area contributed by atoms with Crippen molar-refractivity contribution in [1.29, 1.82) is 0 Å². The molecule has 11 nitrogen and oxygen atoms in total. The van der Waals surface area contributed by atoms with Crippen LogP contribution in [-0.4, -0.2) is 64.6 Å². The van der Waals surface area contributed by atoms with Crippen molar-refractivity contribution in [2.75, 3.05) is 24.3 Å². The normalized spacial score (nSPS) is 16.8. The number of aryl methyl sites for hydroxylation is 1. The number of benzene rings is 3. The van der Waals surface area contributed by atoms with Crippen molar-refractivity contribution in [2.45, 2.75) is 97.0 Å². The van der Waals surface area contributed by atoms with E-state index in [0.29, 0.717) is 36.0 Å². The number of hydrogen-bond donors (Lipinski definition) is 3. The maximum atomic E-state index is 14.2. The minimum absolute atomic E-state index is 0.108. The van der Waals surface area contributed by atoms with E-state index in [1.807, 2.05) is 88.4 Å². The molecule has 0 spiro atoms. The highest BCUT2D eigenvalue weighted by Crippen LogP contribution is 2.39. The van der Waals surface area contributed by atoms with Crippen LogP contribution in [0, 0.1) is 12.8 Å². The third-order valence-corrected chi connectivity index (χ3v) is 9.36. The summed E-state index contributed by atoms with van der Waals surface area (Å²) in [5, 5.41) is 9.22. The Balaban J connectivity index is 1.31. The number of nitrogens with one attached hydrogen (secondary N) is 3. The van der Waals surface area contributed by atoms with Crippen LogP contribution >= 0.6 is 0 Å². The number of amides is 5. The Labute approximate surface area is 301 Å². The standard InChI is InChI=1S/C40H51N5O6/c1-26-13-11-12-16-31(26)42-37(48)43-32-20-19-28(22-34(32)50-7)25-44-38(49)45(36(47)40(44,5)6)30(21-27-17-18-27)24-41-33(29-14-9-8-10-15-29)23-35(46)51-39(2,3)4/h8-16,19-20,22,27,30,33,41H,17-18,21,23-25H2,1-7H3,(H2,42,43,48)/t30-,33-/m0/s1. The van der Waals surface area contributed by atoms with E-state index >= 15 is 0 Å². The number of carbonyl (C=O) groups is 4. The van der Waals surface area contributed by atoms with Crippen LogP contribution in [0.1, 0.15) is 83.0 Å². The molecule has 51 heavy (non-hydrogen) atoms. The van der Waals surface area contributed by atoms with Crippen LogP contribution in [0.4, 0.5) is 21.0 Å². The van der Waals surface area contributed by atoms with E-state index in [1.54, 1.807) is 30.9 Å². The molecule has 3 aromatic rings. The van der Waals surface area contributed by atoms with Gasteiger partial charge >= 0.3 is 18.0 Å². The molecule has 5 rings (SSSR count). The predicted molar refractivity (Wildman–Crippen MR) is 197 cm³/mol. The SMILES string of the molecule is COc1cc(CN2C(=O)N([C@H](CN[C@@H](CC(=O)OC(C)(C)C)c3ccccc3)CC3CC3)C(=O)C2(C)C)ccc1NC(=O)Nc1ccccc1C. The molecular formula is C40H51N5O6. The topological polar surface area (TPSA) is 129 Å². The van der Waals surface area contributed by atoms with Gasteiger partial charge in [-0.15, -0.1) is 0 Å². The van der Waals surface area contributed by atoms with E-state index in [-0.39, 0.29) is 36.9 Å². The van der Waals surface area contributed by atoms with Crippen LogP contribution in [-0.2, 0) is 20.9 Å². The summed E-state index contributed by atoms with van der Waals surface area (Å²) >= 11 is 0.